The Morgan fingerprint density at radius 2 is 1.08 bits per heavy atom. The van der Waals surface area contributed by atoms with Crippen molar-refractivity contribution in [3.8, 4) is 61.8 Å². The van der Waals surface area contributed by atoms with Crippen LogP contribution in [0.1, 0.15) is 182 Å². The van der Waals surface area contributed by atoms with Crippen molar-refractivity contribution in [2.45, 2.75) is 156 Å². The van der Waals surface area contributed by atoms with Gasteiger partial charge in [-0.3, -0.25) is 0 Å². The molecule has 0 N–H and O–H groups in total. The second-order valence-corrected chi connectivity index (χ2v) is 29.1. The first-order valence-corrected chi connectivity index (χ1v) is 30.5. The van der Waals surface area contributed by atoms with Crippen molar-refractivity contribution in [3.63, 3.8) is 0 Å². The Hall–Kier alpha value is -7.98. The minimum absolute atomic E-state index is 0. The van der Waals surface area contributed by atoms with E-state index in [-0.39, 0.29) is 142 Å². The van der Waals surface area contributed by atoms with Gasteiger partial charge < -0.3 is 19.1 Å². The topological polar surface area (TPSA) is 33.5 Å². The van der Waals surface area contributed by atoms with Gasteiger partial charge in [-0.05, 0) is 148 Å². The van der Waals surface area contributed by atoms with Gasteiger partial charge in [0.25, 0.3) is 0 Å². The number of hydrogen-bond donors (Lipinski definition) is 0. The first kappa shape index (κ1) is 43.7. The molecule has 13 rings (SSSR count). The molecule has 0 unspecified atom stereocenters. The van der Waals surface area contributed by atoms with Crippen LogP contribution in [0.25, 0.3) is 72.1 Å². The van der Waals surface area contributed by atoms with Crippen LogP contribution in [0.2, 0.25) is 0 Å². The summed E-state index contributed by atoms with van der Waals surface area (Å²) < 4.78 is 179. The number of para-hydroxylation sites is 3. The molecule has 0 radical (unpaired) electrons. The summed E-state index contributed by atoms with van der Waals surface area (Å²) in [5, 5.41) is 0.562. The molecule has 1 aliphatic heterocycles. The van der Waals surface area contributed by atoms with Gasteiger partial charge in [-0.15, -0.1) is 48.1 Å². The average Bonchev–Trinajstić information content (AvgIpc) is 1.02. The van der Waals surface area contributed by atoms with E-state index in [4.69, 9.17) is 19.3 Å². The zero-order valence-electron chi connectivity index (χ0n) is 72.1. The van der Waals surface area contributed by atoms with Crippen LogP contribution in [-0.4, -0.2) is 9.55 Å². The minimum Gasteiger partial charge on any atom is -0.509 e. The number of benzene rings is 9. The molecule has 0 fully saturated rings. The van der Waals surface area contributed by atoms with Crippen LogP contribution in [0.5, 0.6) is 11.5 Å². The van der Waals surface area contributed by atoms with Crippen LogP contribution < -0.4 is 14.5 Å². The molecule has 11 aromatic rings. The largest absolute Gasteiger partial charge is 0.509 e. The van der Waals surface area contributed by atoms with Gasteiger partial charge in [0.1, 0.15) is 5.82 Å². The summed E-state index contributed by atoms with van der Waals surface area (Å²) in [6, 6.07) is 24.1. The molecular weight excluding hydrogens is 1280 g/mol. The van der Waals surface area contributed by atoms with Crippen molar-refractivity contribution < 1.29 is 50.5 Å². The summed E-state index contributed by atoms with van der Waals surface area (Å²) in [7, 11) is 0. The molecule has 0 saturated heterocycles. The molecule has 0 atom stereocenters. The van der Waals surface area contributed by atoms with Crippen molar-refractivity contribution >= 4 is 44.6 Å². The zero-order valence-corrected chi connectivity index (χ0v) is 56.4. The maximum absolute atomic E-state index is 10.5. The number of ether oxygens (including phenoxy) is 1. The molecule has 0 saturated carbocycles. The fourth-order valence-corrected chi connectivity index (χ4v) is 12.1. The van der Waals surface area contributed by atoms with Gasteiger partial charge in [-0.2, -0.15) is 12.1 Å². The van der Waals surface area contributed by atoms with Crippen LogP contribution in [-0.2, 0) is 53.6 Å². The summed E-state index contributed by atoms with van der Waals surface area (Å²) in [6.45, 7) is 33.5. The molecule has 3 heterocycles. The molecule has 0 bridgehead atoms. The number of pyridine rings is 1. The molecule has 90 heavy (non-hydrogen) atoms. The van der Waals surface area contributed by atoms with Crippen LogP contribution >= 0.6 is 0 Å². The Morgan fingerprint density at radius 1 is 0.500 bits per heavy atom. The van der Waals surface area contributed by atoms with E-state index >= 15 is 0 Å². The number of fused-ring (bicyclic) bond motifs is 5. The SMILES string of the molecule is [2H]c1c([2H])c([2H])c(-c2cnc(-n3c4[c-]c(Oc5[c-]c(N6[CH-]N(c7c(-c8c([2H])c([2H])c(-c9c([2H])c(C(C)(C)C)cc(C(C)(C)C)c9[2H])c([2H])c8[2H])cc(C(C)(C)C)cc7-c7c([2H])c([2H])c8c(c7[2H])C(C)(C)CCC8(C)C)c7ccccc76)ccc5)ccc4c4c([2H])c([2H])c([2H])c([2H])c43)cc2C(C)(C)C)c([2H])c1[2H].[Pt]. The Labute approximate surface area is 575 Å². The standard InChI is InChI=1S/C84H85N4O.Pt/c1-79(2,3)59-43-58(44-60(46-59)80(4,5)6)54-33-35-56(36-34-54)67-47-61(81(7,8)9)48-68(57-37-40-70-72(45-57)84(15,16)42-41-83(70,13)14)78(67)87-53-86(74-31-22-23-32-75(74)87)62-27-24-28-63(49-62)89-64-38-39-66-65-29-20-21-30-73(65)88(76(66)50-64)77-51-71(82(10,11)12)69(52-85-77)55-25-18-17-19-26-55;/h17-40,43-48,51-53H,41-42H2,1-16H3;/q-3;/i17D,18D,19D,20D,21D,25D,26D,29D,30D,33D,34D,35D,36D,37D,40D,43D,44D,45D;. The van der Waals surface area contributed by atoms with Crippen molar-refractivity contribution in [2.75, 3.05) is 9.80 Å². The molecule has 2 aromatic heterocycles. The van der Waals surface area contributed by atoms with E-state index < -0.39 is 99.0 Å². The summed E-state index contributed by atoms with van der Waals surface area (Å²) in [4.78, 5) is 8.57. The van der Waals surface area contributed by atoms with Crippen molar-refractivity contribution in [2.24, 2.45) is 0 Å². The first-order valence-electron chi connectivity index (χ1n) is 39.5. The van der Waals surface area contributed by atoms with Crippen molar-refractivity contribution in [3.05, 3.63) is 246 Å². The molecule has 0 spiro atoms. The van der Waals surface area contributed by atoms with Crippen LogP contribution in [0, 0.1) is 18.8 Å². The molecule has 9 aromatic carbocycles. The van der Waals surface area contributed by atoms with Gasteiger partial charge >= 0.3 is 0 Å². The fraction of sp³-hybridized carbons (Fsp3) is 0.286. The van der Waals surface area contributed by atoms with E-state index in [1.807, 2.05) is 141 Å². The minimum atomic E-state index is -0.750. The third-order valence-electron chi connectivity index (χ3n) is 17.4. The summed E-state index contributed by atoms with van der Waals surface area (Å²) >= 11 is 0. The quantitative estimate of drug-likeness (QED) is 0.135. The molecule has 1 aliphatic carbocycles. The first-order chi connectivity index (χ1) is 49.6. The van der Waals surface area contributed by atoms with E-state index in [9.17, 15) is 15.1 Å². The van der Waals surface area contributed by atoms with Crippen LogP contribution in [0.3, 0.4) is 0 Å². The number of aromatic nitrogens is 2. The predicted octanol–water partition coefficient (Wildman–Crippen LogP) is 23.2. The van der Waals surface area contributed by atoms with Crippen molar-refractivity contribution in [1.29, 1.82) is 0 Å². The Morgan fingerprint density at radius 3 is 1.73 bits per heavy atom. The maximum Gasteiger partial charge on any atom is 0.135 e. The average molecular weight is 1380 g/mol. The summed E-state index contributed by atoms with van der Waals surface area (Å²) in [5.74, 6) is 0.514. The van der Waals surface area contributed by atoms with E-state index in [1.165, 1.54) is 6.20 Å². The van der Waals surface area contributed by atoms with Crippen LogP contribution in [0.15, 0.2) is 194 Å². The van der Waals surface area contributed by atoms with Gasteiger partial charge in [-0.25, -0.2) is 4.98 Å². The van der Waals surface area contributed by atoms with Gasteiger partial charge in [0.05, 0.1) is 24.7 Å². The van der Waals surface area contributed by atoms with Gasteiger partial charge in [0.15, 0.2) is 0 Å². The Kier molecular flexibility index (Phi) is 11.0. The van der Waals surface area contributed by atoms with Gasteiger partial charge in [0, 0.05) is 78.0 Å². The molecule has 6 heteroatoms. The summed E-state index contributed by atoms with van der Waals surface area (Å²) in [5.41, 5.74) is 2.63. The number of hydrogen-bond acceptors (Lipinski definition) is 4. The summed E-state index contributed by atoms with van der Waals surface area (Å²) in [6.07, 6.45) is 2.84. The molecular formula is C84H85N4OPt-3. The smallest absolute Gasteiger partial charge is 0.135 e. The van der Waals surface area contributed by atoms with E-state index in [1.54, 1.807) is 41.6 Å². The van der Waals surface area contributed by atoms with E-state index in [2.05, 4.69) is 39.8 Å². The predicted molar refractivity (Wildman–Crippen MR) is 376 cm³/mol. The third-order valence-corrected chi connectivity index (χ3v) is 17.4. The molecule has 2 aliphatic rings. The number of anilines is 4. The monoisotopic (exact) mass is 1380 g/mol. The van der Waals surface area contributed by atoms with E-state index in [0.29, 0.717) is 67.8 Å². The number of rotatable bonds is 9. The second-order valence-electron chi connectivity index (χ2n) is 29.1. The van der Waals surface area contributed by atoms with Crippen molar-refractivity contribution in [1.82, 2.24) is 9.55 Å². The Balaban J connectivity index is 0.0000109. The Bertz CT molecular complexity index is 5560. The zero-order chi connectivity index (χ0) is 78.4. The van der Waals surface area contributed by atoms with Gasteiger partial charge in [-0.1, -0.05) is 237 Å². The second kappa shape index (κ2) is 22.7. The van der Waals surface area contributed by atoms with E-state index in [0.717, 1.165) is 6.42 Å². The molecule has 5 nitrogen and oxygen atoms in total. The fourth-order valence-electron chi connectivity index (χ4n) is 12.1. The normalized spacial score (nSPS) is 17.6. The number of nitrogens with zero attached hydrogens (tertiary/aromatic N) is 4. The van der Waals surface area contributed by atoms with Gasteiger partial charge in [0.2, 0.25) is 0 Å². The van der Waals surface area contributed by atoms with Crippen LogP contribution in [0.4, 0.5) is 22.7 Å². The maximum atomic E-state index is 10.5. The third kappa shape index (κ3) is 11.5. The molecule has 460 valence electrons. The molecule has 0 amide bonds.